The predicted octanol–water partition coefficient (Wildman–Crippen LogP) is 2.47. The van der Waals surface area contributed by atoms with Crippen LogP contribution in [-0.2, 0) is 14.4 Å². The first-order valence-electron chi connectivity index (χ1n) is 7.68. The fourth-order valence-electron chi connectivity index (χ4n) is 2.98. The molecule has 3 rings (SSSR count). The average molecular weight is 336 g/mol. The third kappa shape index (κ3) is 3.42. The van der Waals surface area contributed by atoms with E-state index in [1.165, 1.54) is 6.92 Å². The van der Waals surface area contributed by atoms with Crippen molar-refractivity contribution in [3.05, 3.63) is 65.7 Å². The zero-order chi connectivity index (χ0) is 18.0. The molecule has 2 amide bonds. The molecule has 1 aliphatic rings. The summed E-state index contributed by atoms with van der Waals surface area (Å²) in [5.74, 6) is -1.87. The summed E-state index contributed by atoms with van der Waals surface area (Å²) in [7, 11) is 0. The minimum absolute atomic E-state index is 0.180. The van der Waals surface area contributed by atoms with Crippen LogP contribution in [0.4, 0.5) is 5.69 Å². The monoisotopic (exact) mass is 336 g/mol. The van der Waals surface area contributed by atoms with Crippen LogP contribution in [0.2, 0.25) is 0 Å². The van der Waals surface area contributed by atoms with Gasteiger partial charge in [0.2, 0.25) is 11.8 Å². The number of fused-ring (bicyclic) bond motifs is 3. The number of rotatable bonds is 4. The van der Waals surface area contributed by atoms with Crippen LogP contribution >= 0.6 is 0 Å². The maximum Gasteiger partial charge on any atom is 0.328 e. The molecule has 1 unspecified atom stereocenters. The lowest BCUT2D eigenvalue weighted by Crippen LogP contribution is -2.26. The molecule has 126 valence electrons. The van der Waals surface area contributed by atoms with E-state index in [2.05, 4.69) is 10.6 Å². The number of carbonyl (C=O) groups is 3. The lowest BCUT2D eigenvalue weighted by Gasteiger charge is -2.15. The van der Waals surface area contributed by atoms with Gasteiger partial charge in [0.05, 0.1) is 6.04 Å². The van der Waals surface area contributed by atoms with Gasteiger partial charge >= 0.3 is 5.97 Å². The number of hydrogen-bond donors (Lipinski definition) is 3. The molecule has 0 radical (unpaired) electrons. The molecule has 25 heavy (non-hydrogen) atoms. The van der Waals surface area contributed by atoms with Crippen molar-refractivity contribution in [3.8, 4) is 11.1 Å². The Bertz CT molecular complexity index is 902. The van der Waals surface area contributed by atoms with E-state index >= 15 is 0 Å². The topological polar surface area (TPSA) is 95.5 Å². The lowest BCUT2D eigenvalue weighted by atomic mass is 10.0. The highest BCUT2D eigenvalue weighted by Crippen LogP contribution is 2.44. The summed E-state index contributed by atoms with van der Waals surface area (Å²) in [5.41, 5.74) is 4.38. The number of carboxylic acid groups (broad SMARTS) is 1. The summed E-state index contributed by atoms with van der Waals surface area (Å²) in [6.07, 6.45) is 1.78. The van der Waals surface area contributed by atoms with Gasteiger partial charge in [-0.2, -0.15) is 0 Å². The average Bonchev–Trinajstić information content (AvgIpc) is 2.86. The van der Waals surface area contributed by atoms with Crippen molar-refractivity contribution < 1.29 is 19.5 Å². The summed E-state index contributed by atoms with van der Waals surface area (Å²) in [6.45, 7) is 1.43. The molecule has 0 spiro atoms. The van der Waals surface area contributed by atoms with Crippen LogP contribution in [0.25, 0.3) is 11.1 Å². The molecule has 0 aliphatic heterocycles. The van der Waals surface area contributed by atoms with Crippen LogP contribution < -0.4 is 10.6 Å². The summed E-state index contributed by atoms with van der Waals surface area (Å²) in [4.78, 5) is 33.9. The van der Waals surface area contributed by atoms with Gasteiger partial charge in [0.25, 0.3) is 0 Å². The van der Waals surface area contributed by atoms with Crippen LogP contribution in [0, 0.1) is 0 Å². The van der Waals surface area contributed by atoms with Crippen LogP contribution in [0.15, 0.2) is 54.6 Å². The van der Waals surface area contributed by atoms with Gasteiger partial charge in [-0.05, 0) is 34.4 Å². The standard InChI is InChI=1S/C19H16N2O4/c1-11(22)20-12-6-7-14-13-4-2-3-5-15(13)19(16(14)10-12)21-17(23)8-9-18(24)25/h2-10,19H,1H3,(H,20,22)(H,21,23)(H,24,25)/b9-8-. The molecule has 0 aromatic heterocycles. The smallest absolute Gasteiger partial charge is 0.328 e. The molecule has 0 saturated heterocycles. The Kier molecular flexibility index (Phi) is 4.35. The maximum absolute atomic E-state index is 12.1. The van der Waals surface area contributed by atoms with Gasteiger partial charge in [0.15, 0.2) is 0 Å². The third-order valence-corrected chi connectivity index (χ3v) is 3.91. The molecule has 0 heterocycles. The molecular weight excluding hydrogens is 320 g/mol. The van der Waals surface area contributed by atoms with Gasteiger partial charge in [-0.1, -0.05) is 30.3 Å². The van der Waals surface area contributed by atoms with Crippen LogP contribution in [-0.4, -0.2) is 22.9 Å². The second-order valence-electron chi connectivity index (χ2n) is 5.68. The molecule has 2 aromatic carbocycles. The largest absolute Gasteiger partial charge is 0.478 e. The van der Waals surface area contributed by atoms with Gasteiger partial charge in [0.1, 0.15) is 0 Å². The van der Waals surface area contributed by atoms with Crippen molar-refractivity contribution in [1.29, 1.82) is 0 Å². The summed E-state index contributed by atoms with van der Waals surface area (Å²) in [6, 6.07) is 12.8. The SMILES string of the molecule is CC(=O)Nc1ccc2c(c1)C(NC(=O)/C=C\C(=O)O)c1ccccc1-2. The number of benzene rings is 2. The van der Waals surface area contributed by atoms with Gasteiger partial charge in [-0.25, -0.2) is 4.79 Å². The van der Waals surface area contributed by atoms with Crippen LogP contribution in [0.1, 0.15) is 24.1 Å². The third-order valence-electron chi connectivity index (χ3n) is 3.91. The van der Waals surface area contributed by atoms with E-state index < -0.39 is 17.9 Å². The van der Waals surface area contributed by atoms with Gasteiger partial charge in [-0.15, -0.1) is 0 Å². The number of carbonyl (C=O) groups excluding carboxylic acids is 2. The zero-order valence-electron chi connectivity index (χ0n) is 13.4. The van der Waals surface area contributed by atoms with E-state index in [1.54, 1.807) is 0 Å². The molecule has 2 aromatic rings. The quantitative estimate of drug-likeness (QED) is 0.748. The molecule has 0 bridgehead atoms. The Hall–Kier alpha value is -3.41. The van der Waals surface area contributed by atoms with Crippen molar-refractivity contribution in [2.24, 2.45) is 0 Å². The van der Waals surface area contributed by atoms with E-state index in [4.69, 9.17) is 5.11 Å². The first-order chi connectivity index (χ1) is 12.0. The Morgan fingerprint density at radius 1 is 1.00 bits per heavy atom. The second kappa shape index (κ2) is 6.60. The van der Waals surface area contributed by atoms with Crippen molar-refractivity contribution in [3.63, 3.8) is 0 Å². The first-order valence-corrected chi connectivity index (χ1v) is 7.68. The fourth-order valence-corrected chi connectivity index (χ4v) is 2.98. The highest BCUT2D eigenvalue weighted by atomic mass is 16.4. The summed E-state index contributed by atoms with van der Waals surface area (Å²) in [5, 5.41) is 14.2. The molecule has 1 atom stereocenters. The molecule has 0 saturated carbocycles. The molecular formula is C19H16N2O4. The van der Waals surface area contributed by atoms with E-state index in [0.29, 0.717) is 5.69 Å². The van der Waals surface area contributed by atoms with Crippen molar-refractivity contribution in [1.82, 2.24) is 5.32 Å². The first kappa shape index (κ1) is 16.4. The number of anilines is 1. The van der Waals surface area contributed by atoms with Gasteiger partial charge in [-0.3, -0.25) is 9.59 Å². The molecule has 6 nitrogen and oxygen atoms in total. The summed E-state index contributed by atoms with van der Waals surface area (Å²) < 4.78 is 0. The van der Waals surface area contributed by atoms with E-state index in [-0.39, 0.29) is 5.91 Å². The lowest BCUT2D eigenvalue weighted by molar-refractivity contribution is -0.131. The number of nitrogens with one attached hydrogen (secondary N) is 2. The van der Waals surface area contributed by atoms with Crippen LogP contribution in [0.3, 0.4) is 0 Å². The predicted molar refractivity (Wildman–Crippen MR) is 92.9 cm³/mol. The zero-order valence-corrected chi connectivity index (χ0v) is 13.4. The maximum atomic E-state index is 12.1. The van der Waals surface area contributed by atoms with Crippen LogP contribution in [0.5, 0.6) is 0 Å². The van der Waals surface area contributed by atoms with Gasteiger partial charge < -0.3 is 15.7 Å². The minimum Gasteiger partial charge on any atom is -0.478 e. The van der Waals surface area contributed by atoms with Crippen molar-refractivity contribution in [2.45, 2.75) is 13.0 Å². The fraction of sp³-hybridized carbons (Fsp3) is 0.105. The van der Waals surface area contributed by atoms with Crippen molar-refractivity contribution >= 4 is 23.5 Å². The molecule has 6 heteroatoms. The van der Waals surface area contributed by atoms with Gasteiger partial charge in [0, 0.05) is 24.8 Å². The van der Waals surface area contributed by atoms with E-state index in [1.807, 2.05) is 42.5 Å². The Morgan fingerprint density at radius 3 is 2.44 bits per heavy atom. The Balaban J connectivity index is 1.99. The number of carboxylic acids is 1. The molecule has 0 fully saturated rings. The minimum atomic E-state index is -1.18. The van der Waals surface area contributed by atoms with E-state index in [0.717, 1.165) is 34.4 Å². The number of aliphatic carboxylic acids is 1. The normalized spacial score (nSPS) is 14.7. The Morgan fingerprint density at radius 2 is 1.72 bits per heavy atom. The summed E-state index contributed by atoms with van der Waals surface area (Å²) >= 11 is 0. The highest BCUT2D eigenvalue weighted by molar-refractivity contribution is 5.95. The Labute approximate surface area is 144 Å². The van der Waals surface area contributed by atoms with Crippen molar-refractivity contribution in [2.75, 3.05) is 5.32 Å². The second-order valence-corrected chi connectivity index (χ2v) is 5.68. The molecule has 1 aliphatic carbocycles. The molecule has 3 N–H and O–H groups in total. The van der Waals surface area contributed by atoms with E-state index in [9.17, 15) is 14.4 Å². The number of amides is 2. The highest BCUT2D eigenvalue weighted by Gasteiger charge is 2.29. The number of hydrogen-bond acceptors (Lipinski definition) is 3.